The molecular formula is C11H11ClN2O. The van der Waals surface area contributed by atoms with E-state index in [-0.39, 0.29) is 6.61 Å². The van der Waals surface area contributed by atoms with Gasteiger partial charge in [-0.15, -0.1) is 0 Å². The maximum Gasteiger partial charge on any atom is 0.0790 e. The number of hydrogen-bond acceptors (Lipinski definition) is 2. The fraction of sp³-hybridized carbons (Fsp3) is 0.182. The topological polar surface area (TPSA) is 38.0 Å². The summed E-state index contributed by atoms with van der Waals surface area (Å²) in [4.78, 5) is 0. The van der Waals surface area contributed by atoms with E-state index < -0.39 is 0 Å². The highest BCUT2D eigenvalue weighted by atomic mass is 35.5. The Labute approximate surface area is 92.9 Å². The summed E-state index contributed by atoms with van der Waals surface area (Å²) < 4.78 is 1.66. The minimum atomic E-state index is -0.00546. The molecule has 1 aromatic carbocycles. The van der Waals surface area contributed by atoms with Gasteiger partial charge in [-0.3, -0.25) is 0 Å². The highest BCUT2D eigenvalue weighted by Gasteiger charge is 2.05. The number of nitrogens with zero attached hydrogens (tertiary/aromatic N) is 2. The second-order valence-corrected chi connectivity index (χ2v) is 3.83. The van der Waals surface area contributed by atoms with Crippen molar-refractivity contribution in [3.05, 3.63) is 46.7 Å². The molecule has 2 rings (SSSR count). The Morgan fingerprint density at radius 3 is 2.87 bits per heavy atom. The van der Waals surface area contributed by atoms with Gasteiger partial charge in [0.2, 0.25) is 0 Å². The largest absolute Gasteiger partial charge is 0.392 e. The molecule has 2 aromatic rings. The molecule has 78 valence electrons. The molecule has 0 radical (unpaired) electrons. The average molecular weight is 223 g/mol. The zero-order valence-electron chi connectivity index (χ0n) is 8.31. The van der Waals surface area contributed by atoms with E-state index in [9.17, 15) is 5.11 Å². The third-order valence-electron chi connectivity index (χ3n) is 2.20. The second-order valence-electron chi connectivity index (χ2n) is 3.39. The molecule has 0 bridgehead atoms. The Kier molecular flexibility index (Phi) is 2.75. The van der Waals surface area contributed by atoms with E-state index in [4.69, 9.17) is 11.6 Å². The van der Waals surface area contributed by atoms with E-state index in [2.05, 4.69) is 5.10 Å². The summed E-state index contributed by atoms with van der Waals surface area (Å²) in [5.74, 6) is 0. The standard InChI is InChI=1S/C11H11ClN2O/c1-8-2-3-11(9(4-8)7-15)14-6-10(12)5-13-14/h2-6,15H,7H2,1H3. The van der Waals surface area contributed by atoms with Gasteiger partial charge in [0, 0.05) is 11.8 Å². The fourth-order valence-corrected chi connectivity index (χ4v) is 1.63. The van der Waals surface area contributed by atoms with Crippen LogP contribution < -0.4 is 0 Å². The van der Waals surface area contributed by atoms with Gasteiger partial charge in [-0.2, -0.15) is 5.10 Å². The van der Waals surface area contributed by atoms with Gasteiger partial charge in [0.05, 0.1) is 23.5 Å². The van der Waals surface area contributed by atoms with Crippen LogP contribution in [-0.4, -0.2) is 14.9 Å². The van der Waals surface area contributed by atoms with Gasteiger partial charge in [-0.25, -0.2) is 4.68 Å². The summed E-state index contributed by atoms with van der Waals surface area (Å²) in [6.45, 7) is 1.98. The van der Waals surface area contributed by atoms with E-state index in [0.29, 0.717) is 5.02 Å². The first-order valence-electron chi connectivity index (χ1n) is 4.61. The van der Waals surface area contributed by atoms with Crippen LogP contribution in [-0.2, 0) is 6.61 Å². The Balaban J connectivity index is 2.52. The smallest absolute Gasteiger partial charge is 0.0790 e. The number of benzene rings is 1. The number of halogens is 1. The summed E-state index contributed by atoms with van der Waals surface area (Å²) >= 11 is 5.79. The minimum Gasteiger partial charge on any atom is -0.392 e. The third kappa shape index (κ3) is 2.03. The number of rotatable bonds is 2. The summed E-state index contributed by atoms with van der Waals surface area (Å²) in [5.41, 5.74) is 2.81. The maximum atomic E-state index is 9.24. The first-order chi connectivity index (χ1) is 7.20. The van der Waals surface area contributed by atoms with Gasteiger partial charge in [-0.1, -0.05) is 29.3 Å². The van der Waals surface area contributed by atoms with Crippen molar-refractivity contribution < 1.29 is 5.11 Å². The summed E-state index contributed by atoms with van der Waals surface area (Å²) in [6.07, 6.45) is 3.29. The van der Waals surface area contributed by atoms with Crippen LogP contribution >= 0.6 is 11.6 Å². The molecule has 0 aliphatic carbocycles. The molecule has 0 atom stereocenters. The molecule has 0 fully saturated rings. The van der Waals surface area contributed by atoms with Crippen LogP contribution in [0.15, 0.2) is 30.6 Å². The zero-order valence-corrected chi connectivity index (χ0v) is 9.07. The predicted octanol–water partition coefficient (Wildman–Crippen LogP) is 2.33. The molecule has 0 aliphatic heterocycles. The van der Waals surface area contributed by atoms with E-state index in [1.165, 1.54) is 0 Å². The van der Waals surface area contributed by atoms with Crippen molar-refractivity contribution in [3.63, 3.8) is 0 Å². The van der Waals surface area contributed by atoms with Gasteiger partial charge in [-0.05, 0) is 13.0 Å². The van der Waals surface area contributed by atoms with E-state index >= 15 is 0 Å². The molecule has 0 saturated heterocycles. The Bertz CT molecular complexity index is 479. The van der Waals surface area contributed by atoms with Crippen molar-refractivity contribution in [2.24, 2.45) is 0 Å². The van der Waals surface area contributed by atoms with Crippen molar-refractivity contribution >= 4 is 11.6 Å². The normalized spacial score (nSPS) is 10.6. The summed E-state index contributed by atoms with van der Waals surface area (Å²) in [7, 11) is 0. The molecular weight excluding hydrogens is 212 g/mol. The molecule has 1 heterocycles. The molecule has 1 aromatic heterocycles. The third-order valence-corrected chi connectivity index (χ3v) is 2.40. The maximum absolute atomic E-state index is 9.24. The lowest BCUT2D eigenvalue weighted by molar-refractivity contribution is 0.281. The number of aromatic nitrogens is 2. The van der Waals surface area contributed by atoms with Crippen molar-refractivity contribution in [2.75, 3.05) is 0 Å². The average Bonchev–Trinajstić information content (AvgIpc) is 2.64. The van der Waals surface area contributed by atoms with Crippen LogP contribution in [0.25, 0.3) is 5.69 Å². The molecule has 4 heteroatoms. The van der Waals surface area contributed by atoms with Crippen molar-refractivity contribution in [1.82, 2.24) is 9.78 Å². The van der Waals surface area contributed by atoms with Gasteiger partial charge < -0.3 is 5.11 Å². The van der Waals surface area contributed by atoms with Crippen LogP contribution in [0.3, 0.4) is 0 Å². The molecule has 1 N–H and O–H groups in total. The molecule has 0 amide bonds. The first-order valence-corrected chi connectivity index (χ1v) is 4.99. The van der Waals surface area contributed by atoms with Crippen LogP contribution in [0.5, 0.6) is 0 Å². The Morgan fingerprint density at radius 2 is 2.27 bits per heavy atom. The highest BCUT2D eigenvalue weighted by molar-refractivity contribution is 6.30. The van der Waals surface area contributed by atoms with Crippen LogP contribution in [0.1, 0.15) is 11.1 Å². The lowest BCUT2D eigenvalue weighted by Crippen LogP contribution is -2.00. The SMILES string of the molecule is Cc1ccc(-n2cc(Cl)cn2)c(CO)c1. The Morgan fingerprint density at radius 1 is 1.47 bits per heavy atom. The first kappa shape index (κ1) is 10.2. The van der Waals surface area contributed by atoms with Gasteiger partial charge >= 0.3 is 0 Å². The van der Waals surface area contributed by atoms with Crippen molar-refractivity contribution in [2.45, 2.75) is 13.5 Å². The predicted molar refractivity (Wildman–Crippen MR) is 59.2 cm³/mol. The van der Waals surface area contributed by atoms with E-state index in [1.54, 1.807) is 17.1 Å². The lowest BCUT2D eigenvalue weighted by Gasteiger charge is -2.07. The van der Waals surface area contributed by atoms with Gasteiger partial charge in [0.15, 0.2) is 0 Å². The minimum absolute atomic E-state index is 0.00546. The van der Waals surface area contributed by atoms with Gasteiger partial charge in [0.1, 0.15) is 0 Å². The number of aliphatic hydroxyl groups is 1. The van der Waals surface area contributed by atoms with E-state index in [1.807, 2.05) is 25.1 Å². The number of aliphatic hydroxyl groups excluding tert-OH is 1. The van der Waals surface area contributed by atoms with Crippen molar-refractivity contribution in [1.29, 1.82) is 0 Å². The fourth-order valence-electron chi connectivity index (χ4n) is 1.50. The van der Waals surface area contributed by atoms with Crippen LogP contribution in [0, 0.1) is 6.92 Å². The number of hydrogen-bond donors (Lipinski definition) is 1. The zero-order chi connectivity index (χ0) is 10.8. The van der Waals surface area contributed by atoms with Gasteiger partial charge in [0.25, 0.3) is 0 Å². The highest BCUT2D eigenvalue weighted by Crippen LogP contribution is 2.17. The quantitative estimate of drug-likeness (QED) is 0.847. The van der Waals surface area contributed by atoms with Crippen molar-refractivity contribution in [3.8, 4) is 5.69 Å². The molecule has 0 unspecified atom stereocenters. The Hall–Kier alpha value is -1.32. The second kappa shape index (κ2) is 4.04. The lowest BCUT2D eigenvalue weighted by atomic mass is 10.1. The number of aryl methyl sites for hydroxylation is 1. The molecule has 0 aliphatic rings. The molecule has 0 spiro atoms. The molecule has 15 heavy (non-hydrogen) atoms. The monoisotopic (exact) mass is 222 g/mol. The van der Waals surface area contributed by atoms with E-state index in [0.717, 1.165) is 16.8 Å². The molecule has 3 nitrogen and oxygen atoms in total. The summed E-state index contributed by atoms with van der Waals surface area (Å²) in [5, 5.41) is 13.9. The van der Waals surface area contributed by atoms with Crippen LogP contribution in [0.4, 0.5) is 0 Å². The van der Waals surface area contributed by atoms with Crippen LogP contribution in [0.2, 0.25) is 5.02 Å². The summed E-state index contributed by atoms with van der Waals surface area (Å²) in [6, 6.07) is 5.83. The molecule has 0 saturated carbocycles.